The quantitative estimate of drug-likeness (QED) is 0.360. The Hall–Kier alpha value is -0.770. The number of hydrogen-bond acceptors (Lipinski definition) is 1. The Kier molecular flexibility index (Phi) is 6.20. The molecule has 0 aromatic rings. The van der Waals surface area contributed by atoms with E-state index in [4.69, 9.17) is 0 Å². The van der Waals surface area contributed by atoms with Gasteiger partial charge in [-0.1, -0.05) is 0 Å². The van der Waals surface area contributed by atoms with Gasteiger partial charge in [-0.3, -0.25) is 0 Å². The fourth-order valence-electron chi connectivity index (χ4n) is 1.34. The van der Waals surface area contributed by atoms with Crippen molar-refractivity contribution in [3.63, 3.8) is 0 Å². The zero-order valence-electron chi connectivity index (χ0n) is 11.3. The van der Waals surface area contributed by atoms with Crippen molar-refractivity contribution >= 4 is 12.6 Å². The summed E-state index contributed by atoms with van der Waals surface area (Å²) in [5.41, 5.74) is -3.41. The average Bonchev–Trinajstić information content (AvgIpc) is 2.34. The van der Waals surface area contributed by atoms with Gasteiger partial charge >= 0.3 is 41.7 Å². The van der Waals surface area contributed by atoms with Gasteiger partial charge in [0.05, 0.1) is 6.42 Å². The first-order valence-electron chi connectivity index (χ1n) is 5.57. The predicted octanol–water partition coefficient (Wildman–Crippen LogP) is 5.98. The summed E-state index contributed by atoms with van der Waals surface area (Å²) in [4.78, 5) is 0. The van der Waals surface area contributed by atoms with Gasteiger partial charge in [0, 0.05) is 0 Å². The predicted molar refractivity (Wildman–Crippen MR) is 54.2 cm³/mol. The summed E-state index contributed by atoms with van der Waals surface area (Å²) in [5, 5.41) is 0. The van der Waals surface area contributed by atoms with Gasteiger partial charge in [0.15, 0.2) is 0 Å². The minimum atomic E-state index is -8.35. The van der Waals surface area contributed by atoms with E-state index in [2.05, 4.69) is 12.6 Å². The van der Waals surface area contributed by atoms with E-state index < -0.39 is 53.6 Å². The molecule has 17 heteroatoms. The van der Waals surface area contributed by atoms with Crippen molar-refractivity contribution in [2.24, 2.45) is 0 Å². The third-order valence-electron chi connectivity index (χ3n) is 2.82. The number of halogens is 16. The second-order valence-electron chi connectivity index (χ2n) is 4.71. The highest BCUT2D eigenvalue weighted by Gasteiger charge is 2.93. The zero-order valence-corrected chi connectivity index (χ0v) is 12.2. The van der Waals surface area contributed by atoms with Gasteiger partial charge < -0.3 is 0 Å². The summed E-state index contributed by atoms with van der Waals surface area (Å²) in [6.45, 7) is 0. The molecule has 1 unspecified atom stereocenters. The molecule has 0 N–H and O–H groups in total. The van der Waals surface area contributed by atoms with Crippen molar-refractivity contribution in [2.45, 2.75) is 53.6 Å². The maximum atomic E-state index is 13.0. The molecule has 0 bridgehead atoms. The molecule has 0 nitrogen and oxygen atoms in total. The van der Waals surface area contributed by atoms with E-state index in [-0.39, 0.29) is 0 Å². The molecule has 0 aliphatic heterocycles. The van der Waals surface area contributed by atoms with E-state index in [1.807, 2.05) is 0 Å². The summed E-state index contributed by atoms with van der Waals surface area (Å²) in [7, 11) is 0. The molecule has 0 aliphatic rings. The van der Waals surface area contributed by atoms with E-state index in [1.165, 1.54) is 0 Å². The Balaban J connectivity index is 6.42. The lowest BCUT2D eigenvalue weighted by Crippen LogP contribution is -2.72. The van der Waals surface area contributed by atoms with Crippen LogP contribution in [-0.4, -0.2) is 47.2 Å². The van der Waals surface area contributed by atoms with Gasteiger partial charge in [0.2, 0.25) is 0 Å². The molecule has 0 fully saturated rings. The Morgan fingerprint density at radius 1 is 0.500 bits per heavy atom. The first-order valence-corrected chi connectivity index (χ1v) is 6.09. The molecule has 0 radical (unpaired) electrons. The molecule has 0 heterocycles. The Bertz CT molecular complexity index is 502. The maximum absolute atomic E-state index is 13.0. The third-order valence-corrected chi connectivity index (χ3v) is 3.00. The van der Waals surface area contributed by atoms with Crippen LogP contribution in [0.4, 0.5) is 70.2 Å². The van der Waals surface area contributed by atoms with Crippen LogP contribution in [0.2, 0.25) is 0 Å². The number of rotatable bonds is 7. The highest BCUT2D eigenvalue weighted by atomic mass is 32.1. The highest BCUT2D eigenvalue weighted by Crippen LogP contribution is 2.62. The van der Waals surface area contributed by atoms with Crippen LogP contribution in [0, 0.1) is 0 Å². The van der Waals surface area contributed by atoms with Gasteiger partial charge in [0.25, 0.3) is 0 Å². The molecule has 158 valence electrons. The molecule has 0 rings (SSSR count). The summed E-state index contributed by atoms with van der Waals surface area (Å²) < 4.78 is 202. The van der Waals surface area contributed by atoms with E-state index in [1.54, 1.807) is 0 Å². The molecule has 0 aromatic carbocycles. The van der Waals surface area contributed by atoms with Crippen LogP contribution in [-0.2, 0) is 0 Å². The minimum Gasteiger partial charge on any atom is -0.236 e. The topological polar surface area (TPSA) is 0 Å². The Morgan fingerprint density at radius 3 is 1.04 bits per heavy atom. The fourth-order valence-corrected chi connectivity index (χ4v) is 1.57. The van der Waals surface area contributed by atoms with Crippen LogP contribution in [0.3, 0.4) is 0 Å². The van der Waals surface area contributed by atoms with Crippen molar-refractivity contribution in [3.05, 3.63) is 0 Å². The van der Waals surface area contributed by atoms with E-state index in [0.29, 0.717) is 0 Å². The van der Waals surface area contributed by atoms with Gasteiger partial charge in [-0.25, -0.2) is 4.39 Å². The zero-order chi connectivity index (χ0) is 21.8. The minimum absolute atomic E-state index is 2.40. The van der Waals surface area contributed by atoms with E-state index in [9.17, 15) is 70.2 Å². The van der Waals surface area contributed by atoms with Gasteiger partial charge in [0.1, 0.15) is 5.50 Å². The molecule has 0 aliphatic carbocycles. The van der Waals surface area contributed by atoms with E-state index >= 15 is 0 Å². The molecule has 0 saturated heterocycles. The summed E-state index contributed by atoms with van der Waals surface area (Å²) >= 11 is 2.40. The van der Waals surface area contributed by atoms with Crippen LogP contribution < -0.4 is 0 Å². The normalized spacial score (nSPS) is 17.4. The molecule has 26 heavy (non-hydrogen) atoms. The molecule has 1 atom stereocenters. The van der Waals surface area contributed by atoms with Gasteiger partial charge in [-0.05, 0) is 0 Å². The second kappa shape index (κ2) is 6.39. The molecule has 0 spiro atoms. The molecule has 0 aromatic heterocycles. The Labute approximate surface area is 137 Å². The van der Waals surface area contributed by atoms with Gasteiger partial charge in [-0.15, -0.1) is 12.6 Å². The van der Waals surface area contributed by atoms with Crippen LogP contribution in [0.5, 0.6) is 0 Å². The third kappa shape index (κ3) is 3.39. The molecule has 0 saturated carbocycles. The van der Waals surface area contributed by atoms with E-state index in [0.717, 1.165) is 0 Å². The van der Waals surface area contributed by atoms with Crippen molar-refractivity contribution in [1.82, 2.24) is 0 Å². The van der Waals surface area contributed by atoms with Crippen molar-refractivity contribution in [3.8, 4) is 0 Å². The highest BCUT2D eigenvalue weighted by molar-refractivity contribution is 7.80. The van der Waals surface area contributed by atoms with Crippen molar-refractivity contribution < 1.29 is 70.2 Å². The first-order chi connectivity index (χ1) is 10.9. The SMILES string of the molecule is FC(S)CC(F)(F)C(F)(F)C(F)(F)C(F)(F)C(F)(F)C(F)(F)C(F)(F)F. The number of thiol groups is 1. The lowest BCUT2D eigenvalue weighted by Gasteiger charge is -2.41. The van der Waals surface area contributed by atoms with Crippen molar-refractivity contribution in [2.75, 3.05) is 0 Å². The molecule has 0 amide bonds. The monoisotopic (exact) mass is 448 g/mol. The number of hydrogen-bond donors (Lipinski definition) is 1. The lowest BCUT2D eigenvalue weighted by molar-refractivity contribution is -0.452. The summed E-state index contributed by atoms with van der Waals surface area (Å²) in [5.74, 6) is -47.1. The maximum Gasteiger partial charge on any atom is 0.460 e. The Morgan fingerprint density at radius 2 is 0.769 bits per heavy atom. The summed E-state index contributed by atoms with van der Waals surface area (Å²) in [6.07, 6.45) is -10.7. The van der Waals surface area contributed by atoms with Crippen LogP contribution in [0.15, 0.2) is 0 Å². The summed E-state index contributed by atoms with van der Waals surface area (Å²) in [6, 6.07) is 0. The van der Waals surface area contributed by atoms with Crippen LogP contribution >= 0.6 is 12.6 Å². The molecular weight excluding hydrogens is 444 g/mol. The first kappa shape index (κ1) is 25.2. The largest absolute Gasteiger partial charge is 0.460 e. The standard InChI is InChI=1S/C9H4F16S/c10-2(26)1-3(11,12)4(13,14)5(15,16)6(17,18)7(19,20)8(21,22)9(23,24)25/h2,26H,1H2. The van der Waals surface area contributed by atoms with Crippen molar-refractivity contribution in [1.29, 1.82) is 0 Å². The van der Waals surface area contributed by atoms with Crippen LogP contribution in [0.25, 0.3) is 0 Å². The van der Waals surface area contributed by atoms with Gasteiger partial charge in [-0.2, -0.15) is 65.9 Å². The fraction of sp³-hybridized carbons (Fsp3) is 1.00. The smallest absolute Gasteiger partial charge is 0.236 e. The average molecular weight is 448 g/mol. The second-order valence-corrected chi connectivity index (χ2v) is 5.27. The molecular formula is C9H4F16S. The lowest BCUT2D eigenvalue weighted by atomic mass is 9.90. The van der Waals surface area contributed by atoms with Crippen LogP contribution in [0.1, 0.15) is 6.42 Å². The number of alkyl halides is 16.